The zero-order chi connectivity index (χ0) is 12.9. The van der Waals surface area contributed by atoms with Crippen LogP contribution in [0, 0.1) is 17.8 Å². The molecular formula is C14H22N2O2. The van der Waals surface area contributed by atoms with E-state index >= 15 is 0 Å². The second kappa shape index (κ2) is 3.97. The summed E-state index contributed by atoms with van der Waals surface area (Å²) in [4.78, 5) is 25.6. The first-order valence-corrected chi connectivity index (χ1v) is 7.17. The van der Waals surface area contributed by atoms with Gasteiger partial charge >= 0.3 is 6.03 Å². The number of rotatable bonds is 3. The number of nitrogens with zero attached hydrogens (tertiary/aromatic N) is 1. The van der Waals surface area contributed by atoms with E-state index in [0.29, 0.717) is 12.3 Å². The van der Waals surface area contributed by atoms with Gasteiger partial charge in [-0.3, -0.25) is 10.1 Å². The minimum absolute atomic E-state index is 0.127. The molecule has 3 fully saturated rings. The standard InChI is InChI=1S/C14H22N2O2/c1-3-14(2)12(17)15-13(18)16(14)8-11-7-9-4-5-10(11)6-9/h9-11H,3-8H2,1-2H3,(H,15,17,18). The number of imide groups is 1. The van der Waals surface area contributed by atoms with Crippen LogP contribution in [-0.4, -0.2) is 28.9 Å². The quantitative estimate of drug-likeness (QED) is 0.780. The highest BCUT2D eigenvalue weighted by Gasteiger charge is 2.50. The molecule has 2 bridgehead atoms. The lowest BCUT2D eigenvalue weighted by Crippen LogP contribution is -2.48. The van der Waals surface area contributed by atoms with Crippen molar-refractivity contribution in [2.24, 2.45) is 17.8 Å². The zero-order valence-electron chi connectivity index (χ0n) is 11.2. The summed E-state index contributed by atoms with van der Waals surface area (Å²) in [6.45, 7) is 4.63. The van der Waals surface area contributed by atoms with Crippen LogP contribution in [0.3, 0.4) is 0 Å². The van der Waals surface area contributed by atoms with Crippen molar-refractivity contribution in [3.63, 3.8) is 0 Å². The van der Waals surface area contributed by atoms with Gasteiger partial charge in [-0.15, -0.1) is 0 Å². The number of nitrogens with one attached hydrogen (secondary N) is 1. The van der Waals surface area contributed by atoms with Crippen LogP contribution < -0.4 is 5.32 Å². The molecule has 0 aromatic heterocycles. The second-order valence-electron chi connectivity index (χ2n) is 6.43. The van der Waals surface area contributed by atoms with E-state index in [1.54, 1.807) is 4.90 Å². The van der Waals surface area contributed by atoms with E-state index in [2.05, 4.69) is 5.32 Å². The number of hydrogen-bond donors (Lipinski definition) is 1. The number of hydrogen-bond acceptors (Lipinski definition) is 2. The van der Waals surface area contributed by atoms with Crippen LogP contribution in [0.25, 0.3) is 0 Å². The molecule has 4 heteroatoms. The molecule has 1 saturated heterocycles. The number of carbonyl (C=O) groups is 2. The summed E-state index contributed by atoms with van der Waals surface area (Å²) < 4.78 is 0. The summed E-state index contributed by atoms with van der Waals surface area (Å²) in [7, 11) is 0. The maximum atomic E-state index is 11.9. The monoisotopic (exact) mass is 250 g/mol. The lowest BCUT2D eigenvalue weighted by atomic mass is 9.87. The average Bonchev–Trinajstić information content (AvgIpc) is 3.00. The maximum Gasteiger partial charge on any atom is 0.325 e. The molecule has 3 amide bonds. The fourth-order valence-electron chi connectivity index (χ4n) is 4.12. The van der Waals surface area contributed by atoms with E-state index in [0.717, 1.165) is 18.4 Å². The first-order valence-electron chi connectivity index (χ1n) is 7.17. The molecule has 0 radical (unpaired) electrons. The number of carbonyl (C=O) groups excluding carboxylic acids is 2. The molecule has 4 atom stereocenters. The van der Waals surface area contributed by atoms with Gasteiger partial charge in [0.25, 0.3) is 5.91 Å². The van der Waals surface area contributed by atoms with Crippen molar-refractivity contribution in [3.8, 4) is 0 Å². The normalized spacial score (nSPS) is 42.8. The summed E-state index contributed by atoms with van der Waals surface area (Å²) in [5.41, 5.74) is -0.626. The third-order valence-electron chi connectivity index (χ3n) is 5.54. The van der Waals surface area contributed by atoms with Crippen molar-refractivity contribution < 1.29 is 9.59 Å². The van der Waals surface area contributed by atoms with Gasteiger partial charge in [0.2, 0.25) is 0 Å². The van der Waals surface area contributed by atoms with Crippen molar-refractivity contribution in [1.29, 1.82) is 0 Å². The van der Waals surface area contributed by atoms with Crippen molar-refractivity contribution in [3.05, 3.63) is 0 Å². The number of fused-ring (bicyclic) bond motifs is 2. The van der Waals surface area contributed by atoms with Gasteiger partial charge in [0.15, 0.2) is 0 Å². The van der Waals surface area contributed by atoms with Gasteiger partial charge < -0.3 is 4.90 Å². The second-order valence-corrected chi connectivity index (χ2v) is 6.43. The Morgan fingerprint density at radius 3 is 2.67 bits per heavy atom. The van der Waals surface area contributed by atoms with Crippen LogP contribution >= 0.6 is 0 Å². The molecule has 3 aliphatic rings. The third-order valence-corrected chi connectivity index (χ3v) is 5.54. The van der Waals surface area contributed by atoms with E-state index in [-0.39, 0.29) is 11.9 Å². The SMILES string of the molecule is CCC1(C)C(=O)NC(=O)N1CC1CC2CCC1C2. The predicted molar refractivity (Wildman–Crippen MR) is 67.9 cm³/mol. The summed E-state index contributed by atoms with van der Waals surface area (Å²) >= 11 is 0. The largest absolute Gasteiger partial charge is 0.325 e. The number of urea groups is 1. The summed E-state index contributed by atoms with van der Waals surface area (Å²) in [6, 6.07) is -0.188. The molecule has 1 N–H and O–H groups in total. The Kier molecular flexibility index (Phi) is 2.65. The topological polar surface area (TPSA) is 49.4 Å². The Bertz CT molecular complexity index is 395. The van der Waals surface area contributed by atoms with Gasteiger partial charge in [0.05, 0.1) is 0 Å². The molecule has 2 saturated carbocycles. The molecule has 0 aromatic carbocycles. The molecule has 18 heavy (non-hydrogen) atoms. The van der Waals surface area contributed by atoms with E-state index in [1.807, 2.05) is 13.8 Å². The van der Waals surface area contributed by atoms with Crippen molar-refractivity contribution in [1.82, 2.24) is 10.2 Å². The average molecular weight is 250 g/mol. The smallest absolute Gasteiger partial charge is 0.310 e. The predicted octanol–water partition coefficient (Wildman–Crippen LogP) is 2.14. The van der Waals surface area contributed by atoms with Gasteiger partial charge in [-0.25, -0.2) is 4.79 Å². The summed E-state index contributed by atoms with van der Waals surface area (Å²) in [5, 5.41) is 2.47. The summed E-state index contributed by atoms with van der Waals surface area (Å²) in [5.74, 6) is 2.17. The lowest BCUT2D eigenvalue weighted by molar-refractivity contribution is -0.126. The van der Waals surface area contributed by atoms with Crippen LogP contribution in [-0.2, 0) is 4.79 Å². The third kappa shape index (κ3) is 1.57. The lowest BCUT2D eigenvalue weighted by Gasteiger charge is -2.35. The van der Waals surface area contributed by atoms with Gasteiger partial charge in [-0.05, 0) is 50.4 Å². The first kappa shape index (κ1) is 12.0. The van der Waals surface area contributed by atoms with Crippen LogP contribution in [0.15, 0.2) is 0 Å². The molecule has 4 nitrogen and oxygen atoms in total. The fourth-order valence-corrected chi connectivity index (χ4v) is 4.12. The van der Waals surface area contributed by atoms with E-state index in [9.17, 15) is 9.59 Å². The van der Waals surface area contributed by atoms with E-state index < -0.39 is 5.54 Å². The van der Waals surface area contributed by atoms with Crippen LogP contribution in [0.5, 0.6) is 0 Å². The minimum atomic E-state index is -0.626. The highest BCUT2D eigenvalue weighted by Crippen LogP contribution is 2.49. The molecule has 1 aliphatic heterocycles. The van der Waals surface area contributed by atoms with E-state index in [4.69, 9.17) is 0 Å². The van der Waals surface area contributed by atoms with E-state index in [1.165, 1.54) is 25.7 Å². The minimum Gasteiger partial charge on any atom is -0.310 e. The highest BCUT2D eigenvalue weighted by molar-refractivity contribution is 6.06. The molecule has 0 spiro atoms. The summed E-state index contributed by atoms with van der Waals surface area (Å²) in [6.07, 6.45) is 5.98. The maximum absolute atomic E-state index is 11.9. The fraction of sp³-hybridized carbons (Fsp3) is 0.857. The Labute approximate surface area is 108 Å². The van der Waals surface area contributed by atoms with Crippen molar-refractivity contribution in [2.75, 3.05) is 6.54 Å². The van der Waals surface area contributed by atoms with Crippen molar-refractivity contribution >= 4 is 11.9 Å². The molecular weight excluding hydrogens is 228 g/mol. The Balaban J connectivity index is 1.75. The van der Waals surface area contributed by atoms with Gasteiger partial charge in [0.1, 0.15) is 5.54 Å². The van der Waals surface area contributed by atoms with Crippen molar-refractivity contribution in [2.45, 2.75) is 51.5 Å². The van der Waals surface area contributed by atoms with Crippen LogP contribution in [0.2, 0.25) is 0 Å². The Morgan fingerprint density at radius 1 is 1.33 bits per heavy atom. The van der Waals surface area contributed by atoms with Crippen LogP contribution in [0.1, 0.15) is 46.0 Å². The van der Waals surface area contributed by atoms with Gasteiger partial charge in [0, 0.05) is 6.54 Å². The molecule has 3 rings (SSSR count). The Hall–Kier alpha value is -1.06. The van der Waals surface area contributed by atoms with Gasteiger partial charge in [-0.1, -0.05) is 13.3 Å². The highest BCUT2D eigenvalue weighted by atomic mass is 16.2. The van der Waals surface area contributed by atoms with Gasteiger partial charge in [-0.2, -0.15) is 0 Å². The molecule has 4 unspecified atom stereocenters. The molecule has 2 aliphatic carbocycles. The van der Waals surface area contributed by atoms with Crippen LogP contribution in [0.4, 0.5) is 4.79 Å². The Morgan fingerprint density at radius 2 is 2.11 bits per heavy atom. The molecule has 100 valence electrons. The first-order chi connectivity index (χ1) is 8.54. The number of amides is 3. The molecule has 0 aromatic rings. The molecule has 1 heterocycles. The zero-order valence-corrected chi connectivity index (χ0v) is 11.2.